The second-order valence-electron chi connectivity index (χ2n) is 5.62. The second-order valence-corrected chi connectivity index (χ2v) is 8.16. The topological polar surface area (TPSA) is 56.3 Å². The first-order valence-electron chi connectivity index (χ1n) is 6.36. The van der Waals surface area contributed by atoms with Crippen molar-refractivity contribution in [2.24, 2.45) is 0 Å². The van der Waals surface area contributed by atoms with Crippen LogP contribution in [0.25, 0.3) is 0 Å². The minimum absolute atomic E-state index is 0.0291. The molecule has 0 fully saturated rings. The van der Waals surface area contributed by atoms with Crippen LogP contribution in [0.4, 0.5) is 0 Å². The van der Waals surface area contributed by atoms with Crippen LogP contribution >= 0.6 is 10.7 Å². The first kappa shape index (κ1) is 15.8. The van der Waals surface area contributed by atoms with Gasteiger partial charge in [-0.05, 0) is 35.2 Å². The Labute approximate surface area is 129 Å². The Balaban J connectivity index is 2.40. The molecule has 0 aliphatic heterocycles. The maximum absolute atomic E-state index is 11.5. The van der Waals surface area contributed by atoms with Crippen molar-refractivity contribution < 1.29 is 13.2 Å². The Hall–Kier alpha value is -1.59. The molecule has 21 heavy (non-hydrogen) atoms. The molecule has 0 bridgehead atoms. The van der Waals surface area contributed by atoms with Crippen LogP contribution in [0.3, 0.4) is 0 Å². The Morgan fingerprint density at radius 2 is 1.86 bits per heavy atom. The highest BCUT2D eigenvalue weighted by atomic mass is 35.7. The minimum atomic E-state index is -3.91. The smallest absolute Gasteiger partial charge is 0.266 e. The molecule has 2 aromatic rings. The van der Waals surface area contributed by atoms with E-state index in [0.29, 0.717) is 5.75 Å². The summed E-state index contributed by atoms with van der Waals surface area (Å²) < 4.78 is 28.6. The van der Waals surface area contributed by atoms with Gasteiger partial charge in [-0.3, -0.25) is 0 Å². The fourth-order valence-electron chi connectivity index (χ4n) is 1.78. The first-order valence-corrected chi connectivity index (χ1v) is 8.67. The summed E-state index contributed by atoms with van der Waals surface area (Å²) in [7, 11) is 1.48. The zero-order valence-electron chi connectivity index (χ0n) is 12.0. The van der Waals surface area contributed by atoms with Crippen molar-refractivity contribution in [3.8, 4) is 11.6 Å². The number of halogens is 1. The number of aromatic nitrogens is 1. The van der Waals surface area contributed by atoms with Crippen LogP contribution in [0.5, 0.6) is 11.6 Å². The van der Waals surface area contributed by atoms with Crippen molar-refractivity contribution in [2.45, 2.75) is 31.1 Å². The lowest BCUT2D eigenvalue weighted by molar-refractivity contribution is 0.445. The van der Waals surface area contributed by atoms with Crippen molar-refractivity contribution in [3.05, 3.63) is 48.2 Å². The standard InChI is InChI=1S/C15H16ClNO3S/c1-15(2,3)11-6-4-7-12(10-11)20-14-13(21(16,18)19)8-5-9-17-14/h4-10H,1-3H3. The maximum Gasteiger partial charge on any atom is 0.266 e. The van der Waals surface area contributed by atoms with Crippen LogP contribution in [0.1, 0.15) is 26.3 Å². The van der Waals surface area contributed by atoms with Gasteiger partial charge in [-0.25, -0.2) is 13.4 Å². The average Bonchev–Trinajstić information content (AvgIpc) is 2.37. The van der Waals surface area contributed by atoms with Gasteiger partial charge in [0, 0.05) is 16.9 Å². The predicted octanol–water partition coefficient (Wildman–Crippen LogP) is 4.10. The molecular formula is C15H16ClNO3S. The zero-order valence-corrected chi connectivity index (χ0v) is 13.6. The number of benzene rings is 1. The molecule has 0 spiro atoms. The van der Waals surface area contributed by atoms with E-state index >= 15 is 0 Å². The average molecular weight is 326 g/mol. The summed E-state index contributed by atoms with van der Waals surface area (Å²) in [5.41, 5.74) is 1.04. The monoisotopic (exact) mass is 325 g/mol. The van der Waals surface area contributed by atoms with Gasteiger partial charge < -0.3 is 4.74 Å². The van der Waals surface area contributed by atoms with Gasteiger partial charge in [0.1, 0.15) is 10.6 Å². The summed E-state index contributed by atoms with van der Waals surface area (Å²) in [5, 5.41) is 0. The second kappa shape index (κ2) is 5.66. The third-order valence-corrected chi connectivity index (χ3v) is 4.25. The number of hydrogen-bond donors (Lipinski definition) is 0. The van der Waals surface area contributed by atoms with E-state index in [1.807, 2.05) is 18.2 Å². The fourth-order valence-corrected chi connectivity index (χ4v) is 2.67. The number of ether oxygens (including phenoxy) is 1. The lowest BCUT2D eigenvalue weighted by Crippen LogP contribution is -2.10. The van der Waals surface area contributed by atoms with E-state index < -0.39 is 9.05 Å². The summed E-state index contributed by atoms with van der Waals surface area (Å²) in [6.07, 6.45) is 1.45. The Bertz CT molecular complexity index is 752. The highest BCUT2D eigenvalue weighted by Crippen LogP contribution is 2.31. The molecule has 4 nitrogen and oxygen atoms in total. The van der Waals surface area contributed by atoms with E-state index in [4.69, 9.17) is 15.4 Å². The Kier molecular flexibility index (Phi) is 4.25. The fraction of sp³-hybridized carbons (Fsp3) is 0.267. The SMILES string of the molecule is CC(C)(C)c1cccc(Oc2ncccc2S(=O)(=O)Cl)c1. The van der Waals surface area contributed by atoms with Gasteiger partial charge >= 0.3 is 0 Å². The van der Waals surface area contributed by atoms with Gasteiger partial charge in [-0.15, -0.1) is 0 Å². The third kappa shape index (κ3) is 3.95. The third-order valence-electron chi connectivity index (χ3n) is 2.91. The minimum Gasteiger partial charge on any atom is -0.438 e. The molecule has 1 heterocycles. The lowest BCUT2D eigenvalue weighted by atomic mass is 9.87. The summed E-state index contributed by atoms with van der Waals surface area (Å²) in [4.78, 5) is 3.80. The normalized spacial score (nSPS) is 12.2. The van der Waals surface area contributed by atoms with E-state index in [0.717, 1.165) is 5.56 Å². The quantitative estimate of drug-likeness (QED) is 0.797. The molecule has 0 unspecified atom stereocenters. The summed E-state index contributed by atoms with van der Waals surface area (Å²) >= 11 is 0. The zero-order chi connectivity index (χ0) is 15.7. The van der Waals surface area contributed by atoms with Crippen LogP contribution in [0, 0.1) is 0 Å². The molecule has 112 valence electrons. The highest BCUT2D eigenvalue weighted by Gasteiger charge is 2.19. The molecule has 0 aliphatic rings. The van der Waals surface area contributed by atoms with Gasteiger partial charge in [0.05, 0.1) is 0 Å². The molecule has 0 amide bonds. The number of pyridine rings is 1. The van der Waals surface area contributed by atoms with E-state index in [1.54, 1.807) is 6.07 Å². The number of nitrogens with zero attached hydrogens (tertiary/aromatic N) is 1. The van der Waals surface area contributed by atoms with Crippen molar-refractivity contribution in [3.63, 3.8) is 0 Å². The van der Waals surface area contributed by atoms with Crippen LogP contribution in [0.2, 0.25) is 0 Å². The Morgan fingerprint density at radius 1 is 1.14 bits per heavy atom. The van der Waals surface area contributed by atoms with Gasteiger partial charge in [0.2, 0.25) is 5.88 Å². The van der Waals surface area contributed by atoms with Crippen LogP contribution in [-0.4, -0.2) is 13.4 Å². The van der Waals surface area contributed by atoms with Crippen LogP contribution in [-0.2, 0) is 14.5 Å². The lowest BCUT2D eigenvalue weighted by Gasteiger charge is -2.19. The van der Waals surface area contributed by atoms with Crippen LogP contribution < -0.4 is 4.74 Å². The molecular weight excluding hydrogens is 310 g/mol. The van der Waals surface area contributed by atoms with Gasteiger partial charge in [0.25, 0.3) is 9.05 Å². The van der Waals surface area contributed by atoms with Gasteiger partial charge in [-0.1, -0.05) is 32.9 Å². The molecule has 0 saturated carbocycles. The van der Waals surface area contributed by atoms with Crippen molar-refractivity contribution in [1.29, 1.82) is 0 Å². The summed E-state index contributed by atoms with van der Waals surface area (Å²) in [6, 6.07) is 10.3. The van der Waals surface area contributed by atoms with Crippen LogP contribution in [0.15, 0.2) is 47.5 Å². The number of rotatable bonds is 3. The molecule has 0 radical (unpaired) electrons. The van der Waals surface area contributed by atoms with E-state index in [-0.39, 0.29) is 16.2 Å². The largest absolute Gasteiger partial charge is 0.438 e. The highest BCUT2D eigenvalue weighted by molar-refractivity contribution is 8.13. The first-order chi connectivity index (χ1) is 9.68. The molecule has 1 aromatic heterocycles. The molecule has 0 saturated heterocycles. The molecule has 1 aromatic carbocycles. The van der Waals surface area contributed by atoms with Crippen molar-refractivity contribution in [1.82, 2.24) is 4.98 Å². The van der Waals surface area contributed by atoms with E-state index in [1.165, 1.54) is 18.3 Å². The number of hydrogen-bond acceptors (Lipinski definition) is 4. The Morgan fingerprint density at radius 3 is 2.48 bits per heavy atom. The van der Waals surface area contributed by atoms with E-state index in [9.17, 15) is 8.42 Å². The molecule has 2 rings (SSSR count). The van der Waals surface area contributed by atoms with Gasteiger partial charge in [0.15, 0.2) is 0 Å². The molecule has 0 atom stereocenters. The molecule has 0 aliphatic carbocycles. The maximum atomic E-state index is 11.5. The summed E-state index contributed by atoms with van der Waals surface area (Å²) in [5.74, 6) is 0.487. The molecule has 6 heteroatoms. The predicted molar refractivity (Wildman–Crippen MR) is 82.5 cm³/mol. The summed E-state index contributed by atoms with van der Waals surface area (Å²) in [6.45, 7) is 6.25. The van der Waals surface area contributed by atoms with Crippen molar-refractivity contribution in [2.75, 3.05) is 0 Å². The van der Waals surface area contributed by atoms with E-state index in [2.05, 4.69) is 25.8 Å². The molecule has 0 N–H and O–H groups in total. The van der Waals surface area contributed by atoms with Crippen molar-refractivity contribution >= 4 is 19.7 Å². The van der Waals surface area contributed by atoms with Gasteiger partial charge in [-0.2, -0.15) is 0 Å².